The number of phenols is 1. The highest BCUT2D eigenvalue weighted by atomic mass is 32.2. The molecule has 0 radical (unpaired) electrons. The van der Waals surface area contributed by atoms with Gasteiger partial charge in [0, 0.05) is 12.2 Å². The number of H-pyrrole nitrogens is 1. The highest BCUT2D eigenvalue weighted by Gasteiger charge is 2.20. The third-order valence-electron chi connectivity index (χ3n) is 3.36. The van der Waals surface area contributed by atoms with Gasteiger partial charge in [0.05, 0.1) is 23.6 Å². The van der Waals surface area contributed by atoms with Crippen LogP contribution >= 0.6 is 11.8 Å². The van der Waals surface area contributed by atoms with E-state index in [9.17, 15) is 20.4 Å². The summed E-state index contributed by atoms with van der Waals surface area (Å²) in [5.74, 6) is 0.341. The quantitative estimate of drug-likeness (QED) is 0.463. The molecule has 0 spiro atoms. The fraction of sp³-hybridized carbons (Fsp3) is 0.235. The summed E-state index contributed by atoms with van der Waals surface area (Å²) in [6.07, 6.45) is 0. The number of methoxy groups -OCH3 is 1. The van der Waals surface area contributed by atoms with E-state index >= 15 is 0 Å². The van der Waals surface area contributed by atoms with Crippen LogP contribution in [0.1, 0.15) is 18.1 Å². The first-order valence-electron chi connectivity index (χ1n) is 7.25. The van der Waals surface area contributed by atoms with Crippen LogP contribution in [0.4, 0.5) is 0 Å². The molecule has 2 aromatic rings. The molecule has 2 rings (SSSR count). The van der Waals surface area contributed by atoms with Crippen LogP contribution in [-0.2, 0) is 4.74 Å². The molecule has 0 aliphatic heterocycles. The predicted octanol–water partition coefficient (Wildman–Crippen LogP) is 2.59. The Hall–Kier alpha value is -2.94. The molecule has 0 bridgehead atoms. The molecule has 0 unspecified atom stereocenters. The lowest BCUT2D eigenvalue weighted by Gasteiger charge is -2.12. The lowest BCUT2D eigenvalue weighted by molar-refractivity contribution is 0.199. The first-order chi connectivity index (χ1) is 12.1. The van der Waals surface area contributed by atoms with Gasteiger partial charge in [-0.05, 0) is 24.6 Å². The zero-order chi connectivity index (χ0) is 18.4. The lowest BCUT2D eigenvalue weighted by Crippen LogP contribution is -2.15. The van der Waals surface area contributed by atoms with Crippen LogP contribution in [0.3, 0.4) is 0 Å². The van der Waals surface area contributed by atoms with Gasteiger partial charge >= 0.3 is 0 Å². The fourth-order valence-corrected chi connectivity index (χ4v) is 3.04. The summed E-state index contributed by atoms with van der Waals surface area (Å²) in [6.45, 7) is 2.33. The van der Waals surface area contributed by atoms with Crippen molar-refractivity contribution in [1.82, 2.24) is 4.98 Å². The molecule has 2 N–H and O–H groups in total. The standard InChI is InChI=1S/C17H15N3O4S/c1-3-24-9-25-17-12(8-19)15(11(7-18)16(22)20-17)10-4-5-14(23-2)13(21)6-10/h4-6,21H,3,9H2,1-2H3,(H,20,22). The van der Waals surface area contributed by atoms with Crippen LogP contribution in [0, 0.1) is 22.7 Å². The summed E-state index contributed by atoms with van der Waals surface area (Å²) in [7, 11) is 1.41. The number of pyridine rings is 1. The van der Waals surface area contributed by atoms with Crippen molar-refractivity contribution in [3.8, 4) is 34.8 Å². The maximum atomic E-state index is 12.2. The van der Waals surface area contributed by atoms with E-state index in [1.54, 1.807) is 6.07 Å². The van der Waals surface area contributed by atoms with Gasteiger partial charge in [-0.25, -0.2) is 0 Å². The SMILES string of the molecule is CCOCSc1[nH]c(=O)c(C#N)c(-c2ccc(OC)c(O)c2)c1C#N. The van der Waals surface area contributed by atoms with E-state index in [1.807, 2.05) is 19.1 Å². The second-order valence-corrected chi connectivity index (χ2v) is 5.71. The molecule has 1 heterocycles. The van der Waals surface area contributed by atoms with E-state index in [2.05, 4.69) is 4.98 Å². The van der Waals surface area contributed by atoms with Crippen molar-refractivity contribution in [2.24, 2.45) is 0 Å². The van der Waals surface area contributed by atoms with Gasteiger partial charge in [-0.1, -0.05) is 17.8 Å². The van der Waals surface area contributed by atoms with E-state index in [1.165, 1.54) is 19.2 Å². The number of aromatic hydroxyl groups is 1. The smallest absolute Gasteiger partial charge is 0.267 e. The molecule has 1 aromatic carbocycles. The third-order valence-corrected chi connectivity index (χ3v) is 4.24. The van der Waals surface area contributed by atoms with Crippen molar-refractivity contribution in [2.75, 3.05) is 19.7 Å². The summed E-state index contributed by atoms with van der Waals surface area (Å²) in [5.41, 5.74) is -0.112. The number of phenolic OH excluding ortho intramolecular Hbond substituents is 1. The summed E-state index contributed by atoms with van der Waals surface area (Å²) >= 11 is 1.15. The highest BCUT2D eigenvalue weighted by Crippen LogP contribution is 2.36. The summed E-state index contributed by atoms with van der Waals surface area (Å²) in [5, 5.41) is 29.2. The molecule has 0 fully saturated rings. The minimum atomic E-state index is -0.606. The number of rotatable bonds is 6. The normalized spacial score (nSPS) is 10.1. The molecule has 128 valence electrons. The average molecular weight is 357 g/mol. The van der Waals surface area contributed by atoms with E-state index in [0.717, 1.165) is 11.8 Å². The Labute approximate surface area is 148 Å². The van der Waals surface area contributed by atoms with Crippen molar-refractivity contribution in [1.29, 1.82) is 10.5 Å². The van der Waals surface area contributed by atoms with E-state index in [-0.39, 0.29) is 34.1 Å². The number of nitrogens with zero attached hydrogens (tertiary/aromatic N) is 2. The van der Waals surface area contributed by atoms with E-state index < -0.39 is 5.56 Å². The zero-order valence-electron chi connectivity index (χ0n) is 13.6. The Morgan fingerprint density at radius 2 is 2.00 bits per heavy atom. The van der Waals surface area contributed by atoms with Crippen LogP contribution < -0.4 is 10.3 Å². The van der Waals surface area contributed by atoms with E-state index in [4.69, 9.17) is 9.47 Å². The third kappa shape index (κ3) is 3.77. The van der Waals surface area contributed by atoms with Crippen molar-refractivity contribution in [3.63, 3.8) is 0 Å². The molecular weight excluding hydrogens is 342 g/mol. The monoisotopic (exact) mass is 357 g/mol. The van der Waals surface area contributed by atoms with Crippen LogP contribution in [0.5, 0.6) is 11.5 Å². The molecule has 0 amide bonds. The topological polar surface area (TPSA) is 119 Å². The van der Waals surface area contributed by atoms with Gasteiger partial charge in [0.1, 0.15) is 17.7 Å². The fourth-order valence-electron chi connectivity index (χ4n) is 2.22. The second kappa shape index (κ2) is 8.25. The van der Waals surface area contributed by atoms with Crippen LogP contribution in [0.25, 0.3) is 11.1 Å². The van der Waals surface area contributed by atoms with Gasteiger partial charge in [0.15, 0.2) is 11.5 Å². The van der Waals surface area contributed by atoms with Gasteiger partial charge in [-0.3, -0.25) is 4.79 Å². The first kappa shape index (κ1) is 18.4. The van der Waals surface area contributed by atoms with Crippen LogP contribution in [0.2, 0.25) is 0 Å². The Morgan fingerprint density at radius 1 is 1.28 bits per heavy atom. The minimum absolute atomic E-state index is 0.144. The van der Waals surface area contributed by atoms with Gasteiger partial charge in [-0.15, -0.1) is 0 Å². The molecule has 8 heteroatoms. The van der Waals surface area contributed by atoms with Gasteiger partial charge < -0.3 is 19.6 Å². The van der Waals surface area contributed by atoms with E-state index in [0.29, 0.717) is 17.2 Å². The summed E-state index contributed by atoms with van der Waals surface area (Å²) < 4.78 is 10.2. The Kier molecular flexibility index (Phi) is 6.07. The number of aromatic nitrogens is 1. The average Bonchev–Trinajstić information content (AvgIpc) is 2.61. The zero-order valence-corrected chi connectivity index (χ0v) is 14.4. The number of aromatic amines is 1. The molecule has 0 atom stereocenters. The van der Waals surface area contributed by atoms with Crippen LogP contribution in [-0.4, -0.2) is 29.7 Å². The number of nitriles is 2. The van der Waals surface area contributed by atoms with Crippen molar-refractivity contribution < 1.29 is 14.6 Å². The number of ether oxygens (including phenoxy) is 2. The maximum Gasteiger partial charge on any atom is 0.267 e. The van der Waals surface area contributed by atoms with Gasteiger partial charge in [0.2, 0.25) is 0 Å². The Balaban J connectivity index is 2.70. The number of thioether (sulfide) groups is 1. The summed E-state index contributed by atoms with van der Waals surface area (Å²) in [4.78, 5) is 14.8. The molecule has 0 aliphatic carbocycles. The highest BCUT2D eigenvalue weighted by molar-refractivity contribution is 7.99. The number of benzene rings is 1. The minimum Gasteiger partial charge on any atom is -0.504 e. The molecule has 7 nitrogen and oxygen atoms in total. The lowest BCUT2D eigenvalue weighted by atomic mass is 9.97. The largest absolute Gasteiger partial charge is 0.504 e. The Morgan fingerprint density at radius 3 is 2.56 bits per heavy atom. The Bertz CT molecular complexity index is 925. The number of hydrogen-bond acceptors (Lipinski definition) is 7. The predicted molar refractivity (Wildman–Crippen MR) is 92.5 cm³/mol. The van der Waals surface area contributed by atoms with Crippen LogP contribution in [0.15, 0.2) is 28.0 Å². The molecule has 0 aliphatic rings. The second-order valence-electron chi connectivity index (χ2n) is 4.77. The number of nitrogens with one attached hydrogen (secondary N) is 1. The summed E-state index contributed by atoms with van der Waals surface area (Å²) in [6, 6.07) is 8.29. The van der Waals surface area contributed by atoms with Crippen molar-refractivity contribution in [3.05, 3.63) is 39.7 Å². The van der Waals surface area contributed by atoms with Crippen molar-refractivity contribution in [2.45, 2.75) is 11.9 Å². The number of hydrogen-bond donors (Lipinski definition) is 2. The molecule has 0 saturated heterocycles. The molecular formula is C17H15N3O4S. The molecule has 25 heavy (non-hydrogen) atoms. The molecule has 1 aromatic heterocycles. The maximum absolute atomic E-state index is 12.2. The van der Waals surface area contributed by atoms with Crippen molar-refractivity contribution >= 4 is 11.8 Å². The van der Waals surface area contributed by atoms with Gasteiger partial charge in [-0.2, -0.15) is 10.5 Å². The first-order valence-corrected chi connectivity index (χ1v) is 8.24. The molecule has 0 saturated carbocycles. The van der Waals surface area contributed by atoms with Gasteiger partial charge in [0.25, 0.3) is 5.56 Å².